The minimum Gasteiger partial charge on any atom is -0.497 e. The molecule has 0 aromatic heterocycles. The van der Waals surface area contributed by atoms with E-state index in [4.69, 9.17) is 4.74 Å². The molecule has 0 saturated heterocycles. The number of carbonyl (C=O) groups is 1. The Morgan fingerprint density at radius 3 is 2.29 bits per heavy atom. The summed E-state index contributed by atoms with van der Waals surface area (Å²) in [7, 11) is 2.61. The van der Waals surface area contributed by atoms with Crippen LogP contribution in [0.3, 0.4) is 0 Å². The summed E-state index contributed by atoms with van der Waals surface area (Å²) in [6.45, 7) is 0. The molecule has 6 heteroatoms. The van der Waals surface area contributed by atoms with Gasteiger partial charge in [-0.25, -0.2) is 4.79 Å². The lowest BCUT2D eigenvalue weighted by Crippen LogP contribution is -2.12. The summed E-state index contributed by atoms with van der Waals surface area (Å²) in [5, 5.41) is 10.6. The number of hydrogen-bond donors (Lipinski definition) is 0. The molecule has 1 rings (SSSR count). The highest BCUT2D eigenvalue weighted by Gasteiger charge is 2.22. The maximum atomic E-state index is 11.1. The van der Waals surface area contributed by atoms with E-state index in [-0.39, 0.29) is 0 Å². The fourth-order valence-corrected chi connectivity index (χ4v) is 1.15. The van der Waals surface area contributed by atoms with E-state index < -0.39 is 16.6 Å². The zero-order chi connectivity index (χ0) is 12.8. The molecule has 0 amide bonds. The Kier molecular flexibility index (Phi) is 4.21. The number of nitro groups is 1. The second-order valence-corrected chi connectivity index (χ2v) is 3.05. The number of methoxy groups -OCH3 is 2. The molecule has 0 atom stereocenters. The van der Waals surface area contributed by atoms with Crippen LogP contribution in [0.1, 0.15) is 5.56 Å². The van der Waals surface area contributed by atoms with Gasteiger partial charge in [0.1, 0.15) is 5.75 Å². The maximum absolute atomic E-state index is 11.1. The van der Waals surface area contributed by atoms with E-state index in [0.29, 0.717) is 11.3 Å². The van der Waals surface area contributed by atoms with Gasteiger partial charge in [-0.05, 0) is 17.7 Å². The number of rotatable bonds is 4. The third-order valence-corrected chi connectivity index (χ3v) is 2.01. The molecule has 0 fully saturated rings. The molecule has 0 aliphatic rings. The number of nitrogens with zero attached hydrogens (tertiary/aromatic N) is 1. The van der Waals surface area contributed by atoms with Crippen LogP contribution in [-0.2, 0) is 9.53 Å². The predicted molar refractivity (Wildman–Crippen MR) is 60.0 cm³/mol. The topological polar surface area (TPSA) is 78.7 Å². The third kappa shape index (κ3) is 3.30. The monoisotopic (exact) mass is 237 g/mol. The summed E-state index contributed by atoms with van der Waals surface area (Å²) in [6.07, 6.45) is 1.14. The molecule has 0 bridgehead atoms. The van der Waals surface area contributed by atoms with Gasteiger partial charge >= 0.3 is 11.7 Å². The molecule has 0 heterocycles. The number of ether oxygens (including phenoxy) is 2. The zero-order valence-corrected chi connectivity index (χ0v) is 9.38. The Balaban J connectivity index is 3.04. The van der Waals surface area contributed by atoms with Gasteiger partial charge in [0, 0.05) is 6.08 Å². The summed E-state index contributed by atoms with van der Waals surface area (Å²) >= 11 is 0. The standard InChI is InChI=1S/C11H11NO5/c1-16-9-5-3-8(4-6-9)7-10(12(14)15)11(13)17-2/h3-7H,1-2H3. The van der Waals surface area contributed by atoms with Crippen molar-refractivity contribution in [2.45, 2.75) is 0 Å². The van der Waals surface area contributed by atoms with E-state index in [1.807, 2.05) is 0 Å². The van der Waals surface area contributed by atoms with Crippen molar-refractivity contribution in [2.75, 3.05) is 14.2 Å². The third-order valence-electron chi connectivity index (χ3n) is 2.01. The Hall–Kier alpha value is -2.37. The summed E-state index contributed by atoms with van der Waals surface area (Å²) in [5.41, 5.74) is -0.0967. The molecular weight excluding hydrogens is 226 g/mol. The molecule has 17 heavy (non-hydrogen) atoms. The van der Waals surface area contributed by atoms with Gasteiger partial charge in [0.05, 0.1) is 19.1 Å². The van der Waals surface area contributed by atoms with Gasteiger partial charge in [0.25, 0.3) is 0 Å². The summed E-state index contributed by atoms with van der Waals surface area (Å²) in [5.74, 6) is -0.353. The van der Waals surface area contributed by atoms with Crippen LogP contribution in [-0.4, -0.2) is 25.1 Å². The minimum atomic E-state index is -0.981. The zero-order valence-electron chi connectivity index (χ0n) is 9.38. The Morgan fingerprint density at radius 1 is 1.29 bits per heavy atom. The average Bonchev–Trinajstić information content (AvgIpc) is 2.35. The Morgan fingerprint density at radius 2 is 1.88 bits per heavy atom. The molecule has 1 aromatic carbocycles. The molecule has 0 N–H and O–H groups in total. The molecule has 0 saturated carbocycles. The van der Waals surface area contributed by atoms with Crippen LogP contribution >= 0.6 is 0 Å². The lowest BCUT2D eigenvalue weighted by molar-refractivity contribution is -0.419. The first kappa shape index (κ1) is 12.7. The van der Waals surface area contributed by atoms with E-state index in [0.717, 1.165) is 13.2 Å². The molecule has 0 aliphatic heterocycles. The number of carbonyl (C=O) groups excluding carboxylic acids is 1. The van der Waals surface area contributed by atoms with E-state index in [1.165, 1.54) is 7.11 Å². The summed E-state index contributed by atoms with van der Waals surface area (Å²) < 4.78 is 9.26. The van der Waals surface area contributed by atoms with Crippen LogP contribution in [0.5, 0.6) is 5.75 Å². The second kappa shape index (κ2) is 5.64. The lowest BCUT2D eigenvalue weighted by Gasteiger charge is -2.00. The van der Waals surface area contributed by atoms with Gasteiger partial charge in [-0.1, -0.05) is 12.1 Å². The molecule has 0 unspecified atom stereocenters. The highest BCUT2D eigenvalue weighted by molar-refractivity contribution is 5.90. The van der Waals surface area contributed by atoms with Crippen molar-refractivity contribution in [1.82, 2.24) is 0 Å². The largest absolute Gasteiger partial charge is 0.497 e. The average molecular weight is 237 g/mol. The van der Waals surface area contributed by atoms with Crippen LogP contribution in [0.4, 0.5) is 0 Å². The summed E-state index contributed by atoms with van der Waals surface area (Å²) in [4.78, 5) is 21.0. The lowest BCUT2D eigenvalue weighted by atomic mass is 10.2. The van der Waals surface area contributed by atoms with Crippen LogP contribution in [0, 0.1) is 10.1 Å². The van der Waals surface area contributed by atoms with Gasteiger partial charge in [0.15, 0.2) is 0 Å². The first-order chi connectivity index (χ1) is 8.08. The molecule has 0 radical (unpaired) electrons. The molecule has 90 valence electrons. The van der Waals surface area contributed by atoms with Gasteiger partial charge < -0.3 is 9.47 Å². The molecule has 0 aliphatic carbocycles. The van der Waals surface area contributed by atoms with Crippen molar-refractivity contribution < 1.29 is 19.2 Å². The highest BCUT2D eigenvalue weighted by Crippen LogP contribution is 2.14. The van der Waals surface area contributed by atoms with E-state index in [2.05, 4.69) is 4.74 Å². The minimum absolute atomic E-state index is 0.517. The van der Waals surface area contributed by atoms with Crippen molar-refractivity contribution in [3.05, 3.63) is 45.6 Å². The van der Waals surface area contributed by atoms with Crippen molar-refractivity contribution >= 4 is 12.0 Å². The normalized spacial score (nSPS) is 10.8. The first-order valence-electron chi connectivity index (χ1n) is 4.67. The number of esters is 1. The van der Waals surface area contributed by atoms with Gasteiger partial charge in [-0.3, -0.25) is 10.1 Å². The summed E-state index contributed by atoms with van der Waals surface area (Å²) in [6, 6.07) is 6.48. The SMILES string of the molecule is COC(=O)C(=Cc1ccc(OC)cc1)[N+](=O)[O-]. The van der Waals surface area contributed by atoms with Crippen LogP contribution in [0.15, 0.2) is 30.0 Å². The van der Waals surface area contributed by atoms with Gasteiger partial charge in [-0.15, -0.1) is 0 Å². The highest BCUT2D eigenvalue weighted by atomic mass is 16.6. The van der Waals surface area contributed by atoms with E-state index in [1.54, 1.807) is 24.3 Å². The van der Waals surface area contributed by atoms with Gasteiger partial charge in [-0.2, -0.15) is 0 Å². The van der Waals surface area contributed by atoms with Crippen molar-refractivity contribution in [2.24, 2.45) is 0 Å². The van der Waals surface area contributed by atoms with Crippen molar-refractivity contribution in [1.29, 1.82) is 0 Å². The fraction of sp³-hybridized carbons (Fsp3) is 0.182. The number of benzene rings is 1. The van der Waals surface area contributed by atoms with Crippen LogP contribution < -0.4 is 4.74 Å². The molecule has 1 aromatic rings. The predicted octanol–water partition coefficient (Wildman–Crippen LogP) is 1.49. The smallest absolute Gasteiger partial charge is 0.409 e. The van der Waals surface area contributed by atoms with E-state index >= 15 is 0 Å². The maximum Gasteiger partial charge on any atom is 0.409 e. The second-order valence-electron chi connectivity index (χ2n) is 3.05. The quantitative estimate of drug-likeness (QED) is 0.343. The van der Waals surface area contributed by atoms with Crippen molar-refractivity contribution in [3.8, 4) is 5.75 Å². The van der Waals surface area contributed by atoms with Crippen LogP contribution in [0.2, 0.25) is 0 Å². The van der Waals surface area contributed by atoms with Gasteiger partial charge in [0.2, 0.25) is 0 Å². The molecular formula is C11H11NO5. The Bertz CT molecular complexity index is 449. The van der Waals surface area contributed by atoms with E-state index in [9.17, 15) is 14.9 Å². The van der Waals surface area contributed by atoms with Crippen LogP contribution in [0.25, 0.3) is 6.08 Å². The number of hydrogen-bond acceptors (Lipinski definition) is 5. The Labute approximate surface area is 97.6 Å². The first-order valence-corrected chi connectivity index (χ1v) is 4.67. The molecule has 0 spiro atoms. The fourth-order valence-electron chi connectivity index (χ4n) is 1.15. The van der Waals surface area contributed by atoms with Crippen molar-refractivity contribution in [3.63, 3.8) is 0 Å². The molecule has 6 nitrogen and oxygen atoms in total.